The molecule has 2 aromatic carbocycles. The van der Waals surface area contributed by atoms with Gasteiger partial charge in [0.2, 0.25) is 15.7 Å². The highest BCUT2D eigenvalue weighted by Gasteiger charge is 2.27. The number of phenols is 1. The molecule has 1 amide bonds. The summed E-state index contributed by atoms with van der Waals surface area (Å²) in [4.78, 5) is 13.2. The number of nitrogens with two attached hydrogens (primary N) is 1. The Bertz CT molecular complexity index is 881. The number of benzene rings is 2. The Balaban J connectivity index is 1.84. The van der Waals surface area contributed by atoms with Crippen LogP contribution in [0.5, 0.6) is 5.75 Å². The number of primary amides is 1. The first kappa shape index (κ1) is 17.4. The zero-order valence-electron chi connectivity index (χ0n) is 13.6. The fraction of sp³-hybridized carbons (Fsp3) is 0.278. The topological polar surface area (TPSA) is 101 Å². The van der Waals surface area contributed by atoms with E-state index in [1.807, 2.05) is 4.90 Å². The second-order valence-corrected chi connectivity index (χ2v) is 8.17. The highest BCUT2D eigenvalue weighted by molar-refractivity contribution is 7.91. The summed E-state index contributed by atoms with van der Waals surface area (Å²) < 4.78 is 25.2. The molecule has 1 heterocycles. The number of likely N-dealkylation sites (tertiary alicyclic amines) is 1. The van der Waals surface area contributed by atoms with E-state index < -0.39 is 9.84 Å². The highest BCUT2D eigenvalue weighted by Crippen LogP contribution is 2.35. The Kier molecular flexibility index (Phi) is 4.78. The van der Waals surface area contributed by atoms with Crippen molar-refractivity contribution in [1.29, 1.82) is 0 Å². The third kappa shape index (κ3) is 3.67. The molecule has 1 aliphatic rings. The molecule has 0 bridgehead atoms. The van der Waals surface area contributed by atoms with Crippen molar-refractivity contribution < 1.29 is 18.3 Å². The molecule has 0 saturated carbocycles. The maximum atomic E-state index is 12.6. The van der Waals surface area contributed by atoms with E-state index in [0.29, 0.717) is 12.1 Å². The fourth-order valence-corrected chi connectivity index (χ4v) is 4.52. The number of amides is 1. The molecule has 0 spiro atoms. The predicted molar refractivity (Wildman–Crippen MR) is 93.0 cm³/mol. The molecular weight excluding hydrogens is 340 g/mol. The Labute approximate surface area is 146 Å². The van der Waals surface area contributed by atoms with E-state index >= 15 is 0 Å². The van der Waals surface area contributed by atoms with Gasteiger partial charge in [-0.15, -0.1) is 0 Å². The summed E-state index contributed by atoms with van der Waals surface area (Å²) in [7, 11) is -3.66. The number of sulfone groups is 1. The molecule has 3 rings (SSSR count). The molecule has 1 saturated heterocycles. The van der Waals surface area contributed by atoms with Crippen LogP contribution < -0.4 is 5.73 Å². The van der Waals surface area contributed by atoms with Gasteiger partial charge in [-0.1, -0.05) is 24.3 Å². The van der Waals surface area contributed by atoms with E-state index in [1.165, 1.54) is 24.3 Å². The minimum Gasteiger partial charge on any atom is -0.508 e. The molecule has 1 aliphatic heterocycles. The van der Waals surface area contributed by atoms with Crippen molar-refractivity contribution in [3.8, 4) is 5.75 Å². The van der Waals surface area contributed by atoms with Crippen LogP contribution in [-0.2, 0) is 14.6 Å². The van der Waals surface area contributed by atoms with E-state index in [4.69, 9.17) is 5.73 Å². The molecule has 2 aromatic rings. The van der Waals surface area contributed by atoms with E-state index in [0.717, 1.165) is 13.0 Å². The van der Waals surface area contributed by atoms with Crippen LogP contribution in [0.4, 0.5) is 0 Å². The number of phenolic OH excluding ortho intramolecular Hbond substituents is 1. The molecule has 6 nitrogen and oxygen atoms in total. The van der Waals surface area contributed by atoms with Crippen LogP contribution in [0.3, 0.4) is 0 Å². The molecule has 7 heteroatoms. The maximum absolute atomic E-state index is 12.6. The standard InChI is InChI=1S/C18H20N2O4S/c19-18(22)12-20-9-8-13(11-20)16-7-6-15(10-17(16)21)25(23,24)14-4-2-1-3-5-14/h1-7,10,13,21H,8-9,11-12H2,(H2,19,22)/t13-/m1/s1. The molecule has 0 aliphatic carbocycles. The Hall–Kier alpha value is -2.38. The summed E-state index contributed by atoms with van der Waals surface area (Å²) in [6.45, 7) is 1.52. The number of aromatic hydroxyl groups is 1. The van der Waals surface area contributed by atoms with E-state index in [2.05, 4.69) is 0 Å². The van der Waals surface area contributed by atoms with Gasteiger partial charge in [0.1, 0.15) is 5.75 Å². The van der Waals surface area contributed by atoms with E-state index in [1.54, 1.807) is 24.3 Å². The summed E-state index contributed by atoms with van der Waals surface area (Å²) in [5.74, 6) is -0.370. The summed E-state index contributed by atoms with van der Waals surface area (Å²) >= 11 is 0. The van der Waals surface area contributed by atoms with Crippen LogP contribution >= 0.6 is 0 Å². The Morgan fingerprint density at radius 1 is 1.16 bits per heavy atom. The first-order chi connectivity index (χ1) is 11.9. The average Bonchev–Trinajstić information content (AvgIpc) is 3.03. The van der Waals surface area contributed by atoms with Gasteiger partial charge in [-0.3, -0.25) is 9.69 Å². The number of hydrogen-bond donors (Lipinski definition) is 2. The molecule has 25 heavy (non-hydrogen) atoms. The molecule has 132 valence electrons. The van der Waals surface area contributed by atoms with Crippen molar-refractivity contribution in [1.82, 2.24) is 4.90 Å². The second kappa shape index (κ2) is 6.85. The van der Waals surface area contributed by atoms with Crippen molar-refractivity contribution >= 4 is 15.7 Å². The average molecular weight is 360 g/mol. The number of carbonyl (C=O) groups is 1. The van der Waals surface area contributed by atoms with Crippen molar-refractivity contribution in [2.45, 2.75) is 22.1 Å². The monoisotopic (exact) mass is 360 g/mol. The molecule has 3 N–H and O–H groups in total. The SMILES string of the molecule is NC(=O)CN1CC[C@@H](c2ccc(S(=O)(=O)c3ccccc3)cc2O)C1. The first-order valence-electron chi connectivity index (χ1n) is 8.01. The van der Waals surface area contributed by atoms with Crippen molar-refractivity contribution in [2.75, 3.05) is 19.6 Å². The predicted octanol–water partition coefficient (Wildman–Crippen LogP) is 1.50. The molecular formula is C18H20N2O4S. The maximum Gasteiger partial charge on any atom is 0.231 e. The molecule has 0 aromatic heterocycles. The second-order valence-electron chi connectivity index (χ2n) is 6.22. The lowest BCUT2D eigenvalue weighted by atomic mass is 9.97. The quantitative estimate of drug-likeness (QED) is 0.841. The van der Waals surface area contributed by atoms with Crippen LogP contribution in [0.1, 0.15) is 17.9 Å². The molecule has 1 atom stereocenters. The molecule has 0 radical (unpaired) electrons. The van der Waals surface area contributed by atoms with Gasteiger partial charge in [-0.25, -0.2) is 8.42 Å². The third-order valence-electron chi connectivity index (χ3n) is 4.46. The van der Waals surface area contributed by atoms with E-state index in [-0.39, 0.29) is 33.9 Å². The number of rotatable bonds is 5. The number of hydrogen-bond acceptors (Lipinski definition) is 5. The minimum absolute atomic E-state index is 0.0390. The van der Waals surface area contributed by atoms with Gasteiger partial charge in [0, 0.05) is 12.5 Å². The zero-order chi connectivity index (χ0) is 18.0. The van der Waals surface area contributed by atoms with Gasteiger partial charge in [0.15, 0.2) is 0 Å². The van der Waals surface area contributed by atoms with Crippen LogP contribution in [-0.4, -0.2) is 44.0 Å². The highest BCUT2D eigenvalue weighted by atomic mass is 32.2. The van der Waals surface area contributed by atoms with Crippen LogP contribution in [0.15, 0.2) is 58.3 Å². The molecule has 0 unspecified atom stereocenters. The largest absolute Gasteiger partial charge is 0.508 e. The van der Waals surface area contributed by atoms with Crippen molar-refractivity contribution in [2.24, 2.45) is 5.73 Å². The van der Waals surface area contributed by atoms with Gasteiger partial charge in [-0.05, 0) is 42.8 Å². The molecule has 1 fully saturated rings. The summed E-state index contributed by atoms with van der Waals surface area (Å²) in [6, 6.07) is 12.6. The lowest BCUT2D eigenvalue weighted by Gasteiger charge is -2.15. The first-order valence-corrected chi connectivity index (χ1v) is 9.50. The smallest absolute Gasteiger partial charge is 0.231 e. The Morgan fingerprint density at radius 2 is 1.88 bits per heavy atom. The number of carbonyl (C=O) groups excluding carboxylic acids is 1. The number of nitrogens with zero attached hydrogens (tertiary/aromatic N) is 1. The van der Waals surface area contributed by atoms with Gasteiger partial charge >= 0.3 is 0 Å². The minimum atomic E-state index is -3.66. The zero-order valence-corrected chi connectivity index (χ0v) is 14.4. The van der Waals surface area contributed by atoms with Crippen molar-refractivity contribution in [3.63, 3.8) is 0 Å². The van der Waals surface area contributed by atoms with Gasteiger partial charge in [0.25, 0.3) is 0 Å². The summed E-state index contributed by atoms with van der Waals surface area (Å²) in [6.07, 6.45) is 0.783. The summed E-state index contributed by atoms with van der Waals surface area (Å²) in [5.41, 5.74) is 5.91. The van der Waals surface area contributed by atoms with Gasteiger partial charge in [0.05, 0.1) is 16.3 Å². The van der Waals surface area contributed by atoms with Gasteiger partial charge < -0.3 is 10.8 Å². The van der Waals surface area contributed by atoms with Crippen LogP contribution in [0, 0.1) is 0 Å². The fourth-order valence-electron chi connectivity index (χ4n) is 3.22. The van der Waals surface area contributed by atoms with Gasteiger partial charge in [-0.2, -0.15) is 0 Å². The Morgan fingerprint density at radius 3 is 2.52 bits per heavy atom. The lowest BCUT2D eigenvalue weighted by molar-refractivity contribution is -0.118. The lowest BCUT2D eigenvalue weighted by Crippen LogP contribution is -2.31. The van der Waals surface area contributed by atoms with Crippen LogP contribution in [0.2, 0.25) is 0 Å². The van der Waals surface area contributed by atoms with Crippen molar-refractivity contribution in [3.05, 3.63) is 54.1 Å². The normalized spacial score (nSPS) is 18.3. The summed E-state index contributed by atoms with van der Waals surface area (Å²) in [5, 5.41) is 10.4. The third-order valence-corrected chi connectivity index (χ3v) is 6.22. The van der Waals surface area contributed by atoms with E-state index in [9.17, 15) is 18.3 Å². The van der Waals surface area contributed by atoms with Crippen LogP contribution in [0.25, 0.3) is 0 Å².